The van der Waals surface area contributed by atoms with Crippen molar-refractivity contribution in [2.75, 3.05) is 11.5 Å². The third-order valence-electron chi connectivity index (χ3n) is 3.63. The number of terminal acetylenes is 2. The molecule has 0 spiro atoms. The number of fused-ring (bicyclic) bond motifs is 2. The highest BCUT2D eigenvalue weighted by atomic mass is 35.7. The van der Waals surface area contributed by atoms with E-state index in [2.05, 4.69) is 41.7 Å². The molecule has 0 amide bonds. The average molecular weight is 615 g/mol. The van der Waals surface area contributed by atoms with Gasteiger partial charge in [0.2, 0.25) is 11.0 Å². The van der Waals surface area contributed by atoms with Crippen LogP contribution in [0, 0.1) is 45.2 Å². The maximum Gasteiger partial charge on any atom is 0.312 e. The van der Waals surface area contributed by atoms with Crippen LogP contribution in [0.4, 0.5) is 11.9 Å². The molecule has 4 rings (SSSR count). The van der Waals surface area contributed by atoms with E-state index in [9.17, 15) is 9.59 Å². The fraction of sp³-hybridized carbons (Fsp3) is 0.125. The van der Waals surface area contributed by atoms with Crippen molar-refractivity contribution in [1.82, 2.24) is 29.9 Å². The number of H-pyrrole nitrogens is 4. The molecule has 0 unspecified atom stereocenters. The van der Waals surface area contributed by atoms with Crippen LogP contribution < -0.4 is 69.0 Å². The maximum atomic E-state index is 11.3. The lowest BCUT2D eigenvalue weighted by molar-refractivity contribution is -2.00. The molecule has 4 aromatic rings. The highest BCUT2D eigenvalue weighted by Crippen LogP contribution is 1.99. The summed E-state index contributed by atoms with van der Waals surface area (Å²) in [5, 5.41) is 0. The summed E-state index contributed by atoms with van der Waals surface area (Å²) in [5.74, 6) is 5.06. The zero-order chi connectivity index (χ0) is 29.3. The molecule has 0 fully saturated rings. The number of rotatable bonds is 2. The van der Waals surface area contributed by atoms with Gasteiger partial charge >= 0.3 is 11.3 Å². The molecular weight excluding hydrogens is 595 g/mol. The Morgan fingerprint density at radius 3 is 1.25 bits per heavy atom. The first-order valence-electron chi connectivity index (χ1n) is 9.07. The molecule has 0 aromatic carbocycles. The zero-order valence-electron chi connectivity index (χ0n) is 19.5. The minimum absolute atomic E-state index is 0. The number of imidazole rings is 2. The van der Waals surface area contributed by atoms with Gasteiger partial charge in [-0.3, -0.25) is 29.5 Å². The minimum atomic E-state index is -4.94. The number of halogens is 2. The molecule has 4 aromatic heterocycles. The number of aromatic nitrogens is 8. The Morgan fingerprint density at radius 1 is 0.725 bits per heavy atom. The molecule has 0 aliphatic heterocycles. The molecule has 0 aliphatic carbocycles. The molecular formula is C16H20Cl2N10O12. The van der Waals surface area contributed by atoms with E-state index in [-0.39, 0.29) is 34.0 Å². The number of anilines is 2. The second-order valence-corrected chi connectivity index (χ2v) is 7.78. The summed E-state index contributed by atoms with van der Waals surface area (Å²) >= 11 is 0. The molecule has 12 N–H and O–H groups in total. The van der Waals surface area contributed by atoms with Gasteiger partial charge in [0.1, 0.15) is 13.1 Å². The Hall–Kier alpha value is -4.40. The van der Waals surface area contributed by atoms with E-state index in [1.54, 1.807) is 21.8 Å². The van der Waals surface area contributed by atoms with Crippen LogP contribution in [0.1, 0.15) is 0 Å². The maximum absolute atomic E-state index is 11.3. The van der Waals surface area contributed by atoms with Crippen LogP contribution in [0.3, 0.4) is 0 Å². The van der Waals surface area contributed by atoms with Crippen molar-refractivity contribution in [3.63, 3.8) is 0 Å². The quantitative estimate of drug-likeness (QED) is 0.0901. The number of nitrogens with one attached hydrogen (secondary N) is 4. The van der Waals surface area contributed by atoms with Gasteiger partial charge in [-0.2, -0.15) is 0 Å². The van der Waals surface area contributed by atoms with Crippen molar-refractivity contribution in [3.8, 4) is 24.7 Å². The van der Waals surface area contributed by atoms with Gasteiger partial charge in [0, 0.05) is 0 Å². The number of nitrogens with zero attached hydrogens (tertiary/aromatic N) is 4. The summed E-state index contributed by atoms with van der Waals surface area (Å²) in [6.07, 6.45) is 13.5. The van der Waals surface area contributed by atoms with Crippen LogP contribution in [0.15, 0.2) is 22.2 Å². The van der Waals surface area contributed by atoms with E-state index in [1.807, 2.05) is 0 Å². The van der Waals surface area contributed by atoms with Gasteiger partial charge < -0.3 is 22.4 Å². The Morgan fingerprint density at radius 2 is 1.00 bits per heavy atom. The standard InChI is InChI=1S/2C8H7N5O.2ClHO4.2H2O/c2*1-2-3-13-4-10-5-6(13)11-8(9)12-7(5)14;2*2-1(3,4)5;;/h2*1,4H,3H2,(H3,9,11,12,14);2*(H,2,3,4,5);2*1H2. The predicted octanol–water partition coefficient (Wildman–Crippen LogP) is -13.7. The van der Waals surface area contributed by atoms with Crippen molar-refractivity contribution >= 4 is 34.2 Å². The molecule has 40 heavy (non-hydrogen) atoms. The summed E-state index contributed by atoms with van der Waals surface area (Å²) in [5.41, 5.74) is 11.9. The SMILES string of the molecule is C#CC[n+]1c[nH]c2c(=O)[nH]c(N)nc21.C#CC[n+]1c[nH]c2c(=O)[nH]c(N)nc21.O.O.[O-][Cl+3]([O-])([O-])[O-].[O-][Cl+3]([O-])([O-])[O-]. The van der Waals surface area contributed by atoms with Gasteiger partial charge in [0.05, 0.1) is 0 Å². The lowest BCUT2D eigenvalue weighted by Gasteiger charge is -2.17. The summed E-state index contributed by atoms with van der Waals surface area (Å²) in [7, 11) is -9.89. The van der Waals surface area contributed by atoms with Crippen molar-refractivity contribution < 1.29 is 77.8 Å². The van der Waals surface area contributed by atoms with Gasteiger partial charge in [-0.1, -0.05) is 21.8 Å². The molecule has 22 nitrogen and oxygen atoms in total. The van der Waals surface area contributed by atoms with E-state index < -0.39 is 20.5 Å². The fourth-order valence-electron chi connectivity index (χ4n) is 2.48. The second-order valence-electron chi connectivity index (χ2n) is 6.27. The molecule has 0 atom stereocenters. The van der Waals surface area contributed by atoms with E-state index in [1.165, 1.54) is 0 Å². The Labute approximate surface area is 224 Å². The molecule has 24 heteroatoms. The Bertz CT molecular complexity index is 1440. The number of nitrogen functional groups attached to an aromatic ring is 2. The van der Waals surface area contributed by atoms with E-state index in [0.29, 0.717) is 35.4 Å². The van der Waals surface area contributed by atoms with Crippen molar-refractivity contribution in [2.45, 2.75) is 13.1 Å². The molecule has 0 saturated carbocycles. The van der Waals surface area contributed by atoms with Gasteiger partial charge in [-0.25, -0.2) is 46.4 Å². The zero-order valence-corrected chi connectivity index (χ0v) is 21.0. The molecule has 0 saturated heterocycles. The van der Waals surface area contributed by atoms with Crippen molar-refractivity contribution in [2.24, 2.45) is 0 Å². The van der Waals surface area contributed by atoms with Gasteiger partial charge in [0.25, 0.3) is 23.0 Å². The topological polar surface area (TPSA) is 430 Å². The smallest absolute Gasteiger partial charge is 0.312 e. The van der Waals surface area contributed by atoms with Crippen LogP contribution in [0.2, 0.25) is 0 Å². The molecule has 0 bridgehead atoms. The number of nitrogens with two attached hydrogens (primary N) is 2. The fourth-order valence-corrected chi connectivity index (χ4v) is 2.48. The number of hydrogen-bond donors (Lipinski definition) is 6. The van der Waals surface area contributed by atoms with Crippen molar-refractivity contribution in [1.29, 1.82) is 0 Å². The molecule has 220 valence electrons. The number of aromatic amines is 4. The normalized spacial score (nSPS) is 10.2. The summed E-state index contributed by atoms with van der Waals surface area (Å²) < 4.78 is 71.2. The van der Waals surface area contributed by atoms with E-state index in [0.717, 1.165) is 0 Å². The first-order valence-corrected chi connectivity index (χ1v) is 11.5. The first kappa shape index (κ1) is 37.8. The Kier molecular flexibility index (Phi) is 15.0. The predicted molar refractivity (Wildman–Crippen MR) is 108 cm³/mol. The van der Waals surface area contributed by atoms with Gasteiger partial charge in [-0.05, 0) is 0 Å². The average Bonchev–Trinajstić information content (AvgIpc) is 3.32. The van der Waals surface area contributed by atoms with Gasteiger partial charge in [-0.15, -0.1) is 33.3 Å². The van der Waals surface area contributed by atoms with Crippen molar-refractivity contribution in [3.05, 3.63) is 33.4 Å². The molecule has 0 radical (unpaired) electrons. The highest BCUT2D eigenvalue weighted by molar-refractivity contribution is 5.66. The van der Waals surface area contributed by atoms with E-state index in [4.69, 9.17) is 61.6 Å². The largest absolute Gasteiger partial charge is 0.412 e. The monoisotopic (exact) mass is 614 g/mol. The summed E-state index contributed by atoms with van der Waals surface area (Å²) in [6, 6.07) is 0. The third-order valence-corrected chi connectivity index (χ3v) is 3.63. The lowest BCUT2D eigenvalue weighted by Crippen LogP contribution is -2.68. The van der Waals surface area contributed by atoms with E-state index >= 15 is 0 Å². The van der Waals surface area contributed by atoms with Gasteiger partial charge in [0.15, 0.2) is 12.7 Å². The third kappa shape index (κ3) is 13.4. The van der Waals surface area contributed by atoms with Crippen LogP contribution in [-0.4, -0.2) is 40.9 Å². The van der Waals surface area contributed by atoms with Crippen LogP contribution in [-0.2, 0) is 13.1 Å². The summed E-state index contributed by atoms with van der Waals surface area (Å²) in [6.45, 7) is 0.686. The summed E-state index contributed by atoms with van der Waals surface area (Å²) in [4.78, 5) is 41.0. The van der Waals surface area contributed by atoms with Crippen LogP contribution >= 0.6 is 0 Å². The minimum Gasteiger partial charge on any atom is -0.412 e. The lowest BCUT2D eigenvalue weighted by atomic mass is 10.5. The Balaban J connectivity index is 0. The van der Waals surface area contributed by atoms with Crippen LogP contribution in [0.25, 0.3) is 22.3 Å². The van der Waals surface area contributed by atoms with Crippen LogP contribution in [0.5, 0.6) is 0 Å². The highest BCUT2D eigenvalue weighted by Gasteiger charge is 2.16. The molecule has 4 heterocycles. The first-order chi connectivity index (χ1) is 17.4. The number of hydrogen-bond acceptors (Lipinski definition) is 14. The second kappa shape index (κ2) is 15.9. The molecule has 0 aliphatic rings.